The molecule has 0 bridgehead atoms. The molecule has 4 heteroatoms. The maximum absolute atomic E-state index is 12.3. The maximum Gasteiger partial charge on any atom is 0.309 e. The van der Waals surface area contributed by atoms with Crippen LogP contribution in [-0.4, -0.2) is 37.0 Å². The highest BCUT2D eigenvalue weighted by atomic mass is 16.6. The summed E-state index contributed by atoms with van der Waals surface area (Å²) in [5.74, 6) is 1.52. The molecule has 0 aromatic heterocycles. The molecule has 4 fully saturated rings. The van der Waals surface area contributed by atoms with Gasteiger partial charge in [0.05, 0.1) is 36.9 Å². The molecule has 0 N–H and O–H groups in total. The molecule has 0 unspecified atom stereocenters. The molecule has 8 atom stereocenters. The molecule has 2 heterocycles. The van der Waals surface area contributed by atoms with Crippen LogP contribution in [0.15, 0.2) is 0 Å². The molecule has 0 aromatic rings. The molecule has 4 aliphatic rings. The molecule has 2 saturated carbocycles. The number of carbonyl (C=O) groups is 1. The Hall–Kier alpha value is -0.610. The number of ether oxygens (including phenoxy) is 3. The zero-order valence-corrected chi connectivity index (χ0v) is 12.3. The molecule has 0 spiro atoms. The van der Waals surface area contributed by atoms with E-state index in [9.17, 15) is 4.79 Å². The van der Waals surface area contributed by atoms with Crippen LogP contribution in [0.1, 0.15) is 39.5 Å². The largest absolute Gasteiger partial charge is 0.465 e. The zero-order valence-electron chi connectivity index (χ0n) is 12.3. The first kappa shape index (κ1) is 13.1. The average molecular weight is 280 g/mol. The Bertz CT molecular complexity index is 409. The van der Waals surface area contributed by atoms with Gasteiger partial charge < -0.3 is 14.2 Å². The minimum atomic E-state index is -0.00233. The fourth-order valence-corrected chi connectivity index (χ4v) is 4.15. The van der Waals surface area contributed by atoms with E-state index in [2.05, 4.69) is 13.8 Å². The molecule has 0 amide bonds. The molecule has 2 aliphatic heterocycles. The van der Waals surface area contributed by atoms with Crippen molar-refractivity contribution < 1.29 is 19.0 Å². The Balaban J connectivity index is 1.29. The number of rotatable bonds is 3. The lowest BCUT2D eigenvalue weighted by Crippen LogP contribution is -2.33. The highest BCUT2D eigenvalue weighted by Gasteiger charge is 2.50. The first-order valence-corrected chi connectivity index (χ1v) is 8.09. The van der Waals surface area contributed by atoms with Crippen molar-refractivity contribution in [1.29, 1.82) is 0 Å². The number of esters is 1. The van der Waals surface area contributed by atoms with Gasteiger partial charge in [0.25, 0.3) is 0 Å². The van der Waals surface area contributed by atoms with E-state index in [0.717, 1.165) is 25.7 Å². The average Bonchev–Trinajstić information content (AvgIpc) is 3.29. The molecular weight excluding hydrogens is 256 g/mol. The molecule has 0 radical (unpaired) electrons. The monoisotopic (exact) mass is 280 g/mol. The summed E-state index contributed by atoms with van der Waals surface area (Å²) in [5, 5.41) is 0. The zero-order chi connectivity index (χ0) is 13.9. The van der Waals surface area contributed by atoms with Gasteiger partial charge in [0, 0.05) is 0 Å². The Morgan fingerprint density at radius 2 is 1.55 bits per heavy atom. The van der Waals surface area contributed by atoms with Gasteiger partial charge in [0.2, 0.25) is 0 Å². The lowest BCUT2D eigenvalue weighted by Gasteiger charge is -2.28. The van der Waals surface area contributed by atoms with Crippen LogP contribution in [-0.2, 0) is 19.0 Å². The topological polar surface area (TPSA) is 51.4 Å². The minimum Gasteiger partial charge on any atom is -0.465 e. The van der Waals surface area contributed by atoms with E-state index in [4.69, 9.17) is 14.2 Å². The smallest absolute Gasteiger partial charge is 0.309 e. The summed E-state index contributed by atoms with van der Waals surface area (Å²) in [6, 6.07) is 0. The van der Waals surface area contributed by atoms with E-state index in [1.54, 1.807) is 0 Å². The number of hydrogen-bond donors (Lipinski definition) is 0. The van der Waals surface area contributed by atoms with E-state index >= 15 is 0 Å². The van der Waals surface area contributed by atoms with Crippen LogP contribution < -0.4 is 0 Å². The Morgan fingerprint density at radius 1 is 0.950 bits per heavy atom. The molecule has 112 valence electrons. The minimum absolute atomic E-state index is 0.00233. The second-order valence-corrected chi connectivity index (χ2v) is 7.32. The quantitative estimate of drug-likeness (QED) is 0.587. The van der Waals surface area contributed by atoms with Crippen LogP contribution >= 0.6 is 0 Å². The van der Waals surface area contributed by atoms with Gasteiger partial charge in [-0.3, -0.25) is 4.79 Å². The summed E-state index contributed by atoms with van der Waals surface area (Å²) in [5.41, 5.74) is 0. The third-order valence-electron chi connectivity index (χ3n) is 5.84. The van der Waals surface area contributed by atoms with Crippen LogP contribution in [0.2, 0.25) is 0 Å². The van der Waals surface area contributed by atoms with Crippen LogP contribution in [0.3, 0.4) is 0 Å². The Kier molecular flexibility index (Phi) is 3.08. The standard InChI is InChI=1S/C16H24O4/c1-8-3-12-14(19-12)5-10(8)7-18-16(17)11-6-15-13(20-15)4-9(11)2/h8-15H,3-7H2,1-2H3/t8-,9+,10-,11-,12+,13+,14-,15+/m1/s1. The van der Waals surface area contributed by atoms with Crippen molar-refractivity contribution in [2.45, 2.75) is 63.9 Å². The molecule has 4 rings (SSSR count). The second kappa shape index (κ2) is 4.70. The van der Waals surface area contributed by atoms with Crippen molar-refractivity contribution in [1.82, 2.24) is 0 Å². The van der Waals surface area contributed by atoms with Gasteiger partial charge in [0.15, 0.2) is 0 Å². The Labute approximate surface area is 120 Å². The SMILES string of the molecule is C[C@@H]1C[C@@H]2O[C@@H]2C[C@@H]1COC(=O)[C@@H]1C[C@@H]2O[C@H]2C[C@@H]1C. The van der Waals surface area contributed by atoms with E-state index < -0.39 is 0 Å². The summed E-state index contributed by atoms with van der Waals surface area (Å²) in [4.78, 5) is 12.3. The highest BCUT2D eigenvalue weighted by Crippen LogP contribution is 2.44. The van der Waals surface area contributed by atoms with Crippen molar-refractivity contribution in [3.05, 3.63) is 0 Å². The lowest BCUT2D eigenvalue weighted by atomic mass is 9.80. The van der Waals surface area contributed by atoms with Crippen molar-refractivity contribution in [2.24, 2.45) is 23.7 Å². The van der Waals surface area contributed by atoms with E-state index in [-0.39, 0.29) is 11.9 Å². The van der Waals surface area contributed by atoms with E-state index in [1.165, 1.54) is 0 Å². The highest BCUT2D eigenvalue weighted by molar-refractivity contribution is 5.73. The van der Waals surface area contributed by atoms with Crippen LogP contribution in [0.5, 0.6) is 0 Å². The van der Waals surface area contributed by atoms with Crippen molar-refractivity contribution in [3.63, 3.8) is 0 Å². The third kappa shape index (κ3) is 2.37. The summed E-state index contributed by atoms with van der Waals surface area (Å²) in [6.07, 6.45) is 5.77. The molecule has 2 aliphatic carbocycles. The van der Waals surface area contributed by atoms with E-state index in [1.807, 2.05) is 0 Å². The van der Waals surface area contributed by atoms with Gasteiger partial charge >= 0.3 is 5.97 Å². The lowest BCUT2D eigenvalue weighted by molar-refractivity contribution is -0.153. The van der Waals surface area contributed by atoms with Crippen LogP contribution in [0.4, 0.5) is 0 Å². The fraction of sp³-hybridized carbons (Fsp3) is 0.938. The van der Waals surface area contributed by atoms with Gasteiger partial charge in [-0.05, 0) is 43.4 Å². The first-order valence-electron chi connectivity index (χ1n) is 8.09. The van der Waals surface area contributed by atoms with Gasteiger partial charge in [-0.25, -0.2) is 0 Å². The summed E-state index contributed by atoms with van der Waals surface area (Å²) >= 11 is 0. The number of epoxide rings is 2. The van der Waals surface area contributed by atoms with Gasteiger partial charge in [-0.2, -0.15) is 0 Å². The third-order valence-corrected chi connectivity index (χ3v) is 5.84. The molecule has 2 saturated heterocycles. The molecule has 4 nitrogen and oxygen atoms in total. The van der Waals surface area contributed by atoms with Crippen molar-refractivity contribution >= 4 is 5.97 Å². The predicted molar refractivity (Wildman–Crippen MR) is 72.1 cm³/mol. The Morgan fingerprint density at radius 3 is 2.30 bits per heavy atom. The summed E-state index contributed by atoms with van der Waals surface area (Å²) in [6.45, 7) is 4.97. The number of carbonyl (C=O) groups excluding carboxylic acids is 1. The van der Waals surface area contributed by atoms with Crippen LogP contribution in [0, 0.1) is 23.7 Å². The normalized spacial score (nSPS) is 52.7. The van der Waals surface area contributed by atoms with Gasteiger partial charge in [-0.15, -0.1) is 0 Å². The maximum atomic E-state index is 12.3. The molecular formula is C16H24O4. The number of hydrogen-bond acceptors (Lipinski definition) is 4. The number of fused-ring (bicyclic) bond motifs is 2. The van der Waals surface area contributed by atoms with Crippen molar-refractivity contribution in [3.8, 4) is 0 Å². The van der Waals surface area contributed by atoms with E-state index in [0.29, 0.717) is 48.8 Å². The molecule has 0 aromatic carbocycles. The second-order valence-electron chi connectivity index (χ2n) is 7.32. The van der Waals surface area contributed by atoms with Crippen molar-refractivity contribution in [2.75, 3.05) is 6.61 Å². The first-order chi connectivity index (χ1) is 9.61. The summed E-state index contributed by atoms with van der Waals surface area (Å²) < 4.78 is 16.8. The predicted octanol–water partition coefficient (Wildman–Crippen LogP) is 2.16. The van der Waals surface area contributed by atoms with Crippen LogP contribution in [0.25, 0.3) is 0 Å². The molecule has 20 heavy (non-hydrogen) atoms. The van der Waals surface area contributed by atoms with Gasteiger partial charge in [-0.1, -0.05) is 13.8 Å². The van der Waals surface area contributed by atoms with Gasteiger partial charge in [0.1, 0.15) is 0 Å². The fourth-order valence-electron chi connectivity index (χ4n) is 4.15. The summed E-state index contributed by atoms with van der Waals surface area (Å²) in [7, 11) is 0.